The fraction of sp³-hybridized carbons (Fsp3) is 0.500. The molecule has 2 atom stereocenters. The topological polar surface area (TPSA) is 149 Å². The summed E-state index contributed by atoms with van der Waals surface area (Å²) in [5, 5.41) is 4.67. The summed E-state index contributed by atoms with van der Waals surface area (Å²) >= 11 is 1.24. The van der Waals surface area contributed by atoms with Crippen LogP contribution in [0.3, 0.4) is 0 Å². The van der Waals surface area contributed by atoms with Gasteiger partial charge >= 0.3 is 35.6 Å². The predicted molar refractivity (Wildman–Crippen MR) is 74.2 cm³/mol. The number of hydrogen-bond donors (Lipinski definition) is 2. The second kappa shape index (κ2) is 6.53. The largest absolute Gasteiger partial charge is 1.00 e. The maximum atomic E-state index is 12.1. The molecule has 0 bridgehead atoms. The van der Waals surface area contributed by atoms with Crippen LogP contribution >= 0.6 is 11.3 Å². The van der Waals surface area contributed by atoms with Crippen molar-refractivity contribution in [1.29, 1.82) is 0 Å². The Hall–Kier alpha value is -0.920. The van der Waals surface area contributed by atoms with E-state index in [1.54, 1.807) is 5.38 Å². The van der Waals surface area contributed by atoms with Crippen LogP contribution in [0.1, 0.15) is 12.1 Å². The molecule has 0 saturated carbocycles. The number of nitrogens with one attached hydrogen (secondary N) is 1. The number of urea groups is 1. The van der Waals surface area contributed by atoms with Crippen molar-refractivity contribution in [2.45, 2.75) is 25.0 Å². The van der Waals surface area contributed by atoms with Crippen LogP contribution < -0.4 is 40.6 Å². The zero-order valence-corrected chi connectivity index (χ0v) is 15.8. The third-order valence-electron chi connectivity index (χ3n) is 3.63. The van der Waals surface area contributed by atoms with Crippen molar-refractivity contribution in [2.75, 3.05) is 12.3 Å². The van der Waals surface area contributed by atoms with E-state index < -0.39 is 34.3 Å². The molecule has 0 radical (unpaired) electrons. The van der Waals surface area contributed by atoms with Crippen LogP contribution in [-0.2, 0) is 21.6 Å². The summed E-state index contributed by atoms with van der Waals surface area (Å²) in [5.74, 6) is -0.856. The SMILES string of the molecule is Nc1nc(CNC(=O)N2CC[C@@H]3[C@H]2C(=O)N3S(=O)(=O)[O-])cs1.[Na+]. The Kier molecular flexibility index (Phi) is 5.23. The minimum atomic E-state index is -4.82. The monoisotopic (exact) mass is 369 g/mol. The molecule has 2 aliphatic rings. The van der Waals surface area contributed by atoms with E-state index in [-0.39, 0.29) is 49.1 Å². The molecule has 2 aliphatic heterocycles. The molecule has 23 heavy (non-hydrogen) atoms. The molecule has 0 aromatic carbocycles. The van der Waals surface area contributed by atoms with Crippen LogP contribution in [0, 0.1) is 0 Å². The Labute approximate surface area is 158 Å². The first-order valence-corrected chi connectivity index (χ1v) is 8.57. The number of amides is 3. The summed E-state index contributed by atoms with van der Waals surface area (Å²) in [6, 6.07) is -2.14. The predicted octanol–water partition coefficient (Wildman–Crippen LogP) is -4.32. The molecule has 13 heteroatoms. The van der Waals surface area contributed by atoms with Crippen LogP contribution in [-0.4, -0.2) is 57.7 Å². The number of fused-ring (bicyclic) bond motifs is 1. The van der Waals surface area contributed by atoms with Crippen molar-refractivity contribution in [3.63, 3.8) is 0 Å². The van der Waals surface area contributed by atoms with E-state index >= 15 is 0 Å². The van der Waals surface area contributed by atoms with E-state index in [0.717, 1.165) is 0 Å². The fourth-order valence-corrected chi connectivity index (χ4v) is 4.15. The molecule has 1 aromatic heterocycles. The van der Waals surface area contributed by atoms with Gasteiger partial charge in [0.25, 0.3) is 5.91 Å². The van der Waals surface area contributed by atoms with Gasteiger partial charge in [-0.05, 0) is 6.42 Å². The van der Waals surface area contributed by atoms with Gasteiger partial charge in [-0.25, -0.2) is 22.5 Å². The van der Waals surface area contributed by atoms with E-state index in [0.29, 0.717) is 15.1 Å². The summed E-state index contributed by atoms with van der Waals surface area (Å²) in [4.78, 5) is 29.1. The Morgan fingerprint density at radius 2 is 2.26 bits per heavy atom. The molecule has 0 spiro atoms. The smallest absolute Gasteiger partial charge is 0.731 e. The van der Waals surface area contributed by atoms with E-state index in [2.05, 4.69) is 10.3 Å². The fourth-order valence-electron chi connectivity index (χ4n) is 2.71. The Morgan fingerprint density at radius 1 is 1.57 bits per heavy atom. The summed E-state index contributed by atoms with van der Waals surface area (Å²) in [5.41, 5.74) is 6.07. The molecule has 1 aromatic rings. The summed E-state index contributed by atoms with van der Waals surface area (Å²) in [6.45, 7) is 0.357. The van der Waals surface area contributed by atoms with Crippen molar-refractivity contribution < 1.29 is 52.1 Å². The van der Waals surface area contributed by atoms with E-state index in [1.807, 2.05) is 0 Å². The molecule has 3 N–H and O–H groups in total. The number of hydrogen-bond acceptors (Lipinski definition) is 8. The van der Waals surface area contributed by atoms with Crippen molar-refractivity contribution >= 4 is 38.7 Å². The minimum Gasteiger partial charge on any atom is -0.731 e. The van der Waals surface area contributed by atoms with Crippen molar-refractivity contribution in [2.24, 2.45) is 0 Å². The van der Waals surface area contributed by atoms with Gasteiger partial charge in [0, 0.05) is 11.9 Å². The first kappa shape index (κ1) is 18.4. The maximum Gasteiger partial charge on any atom is 1.00 e. The van der Waals surface area contributed by atoms with Gasteiger partial charge in [0.1, 0.15) is 6.04 Å². The molecular formula is C10H12N5NaO5S2. The van der Waals surface area contributed by atoms with Gasteiger partial charge in [0.2, 0.25) is 0 Å². The third-order valence-corrected chi connectivity index (χ3v) is 5.28. The molecular weight excluding hydrogens is 357 g/mol. The normalized spacial score (nSPS) is 23.1. The number of likely N-dealkylation sites (tertiary alicyclic amines) is 1. The second-order valence-electron chi connectivity index (χ2n) is 4.92. The van der Waals surface area contributed by atoms with Crippen molar-refractivity contribution in [3.05, 3.63) is 11.1 Å². The van der Waals surface area contributed by atoms with Crippen LogP contribution in [0.2, 0.25) is 0 Å². The number of carbonyl (C=O) groups is 2. The average molecular weight is 369 g/mol. The molecule has 3 amide bonds. The molecule has 3 heterocycles. The number of rotatable bonds is 3. The number of thiazole rings is 1. The van der Waals surface area contributed by atoms with E-state index in [4.69, 9.17) is 5.73 Å². The number of anilines is 1. The molecule has 3 rings (SSSR count). The zero-order valence-electron chi connectivity index (χ0n) is 12.1. The Bertz CT molecular complexity index is 738. The van der Waals surface area contributed by atoms with Crippen molar-refractivity contribution in [3.8, 4) is 0 Å². The summed E-state index contributed by atoms with van der Waals surface area (Å²) in [7, 11) is -4.82. The Morgan fingerprint density at radius 3 is 2.83 bits per heavy atom. The Balaban J connectivity index is 0.00000192. The quantitative estimate of drug-likeness (QED) is 0.311. The van der Waals surface area contributed by atoms with E-state index in [9.17, 15) is 22.6 Å². The van der Waals surface area contributed by atoms with Gasteiger partial charge in [-0.3, -0.25) is 4.79 Å². The summed E-state index contributed by atoms with van der Waals surface area (Å²) < 4.78 is 33.2. The molecule has 10 nitrogen and oxygen atoms in total. The first-order chi connectivity index (χ1) is 10.3. The summed E-state index contributed by atoms with van der Waals surface area (Å²) in [6.07, 6.45) is 0.259. The number of β-lactam (4-membered cyclic amide) rings is 1. The van der Waals surface area contributed by atoms with Crippen LogP contribution in [0.15, 0.2) is 5.38 Å². The number of carbonyl (C=O) groups excluding carboxylic acids is 2. The van der Waals surface area contributed by atoms with Gasteiger partial charge in [0.05, 0.1) is 18.3 Å². The van der Waals surface area contributed by atoms with Crippen LogP contribution in [0.25, 0.3) is 0 Å². The van der Waals surface area contributed by atoms with Gasteiger partial charge < -0.3 is 20.5 Å². The van der Waals surface area contributed by atoms with Crippen molar-refractivity contribution in [1.82, 2.24) is 19.5 Å². The molecule has 0 aliphatic carbocycles. The van der Waals surface area contributed by atoms with Gasteiger partial charge in [0.15, 0.2) is 15.4 Å². The zero-order chi connectivity index (χ0) is 16.1. The van der Waals surface area contributed by atoms with Gasteiger partial charge in [-0.2, -0.15) is 0 Å². The number of nitrogen functional groups attached to an aromatic ring is 1. The minimum absolute atomic E-state index is 0. The number of nitrogens with two attached hydrogens (primary N) is 1. The average Bonchev–Trinajstić information content (AvgIpc) is 2.98. The molecule has 0 unspecified atom stereocenters. The number of nitrogens with zero attached hydrogens (tertiary/aromatic N) is 3. The van der Waals surface area contributed by atoms with Crippen LogP contribution in [0.4, 0.5) is 9.93 Å². The molecule has 120 valence electrons. The first-order valence-electron chi connectivity index (χ1n) is 6.32. The number of aromatic nitrogens is 1. The van der Waals surface area contributed by atoms with E-state index in [1.165, 1.54) is 16.2 Å². The molecule has 2 fully saturated rings. The van der Waals surface area contributed by atoms with Gasteiger partial charge in [-0.1, -0.05) is 0 Å². The van der Waals surface area contributed by atoms with Gasteiger partial charge in [-0.15, -0.1) is 11.3 Å². The van der Waals surface area contributed by atoms with Crippen LogP contribution in [0.5, 0.6) is 0 Å². The second-order valence-corrected chi connectivity index (χ2v) is 7.06. The molecule has 2 saturated heterocycles. The maximum absolute atomic E-state index is 12.1. The third kappa shape index (κ3) is 3.32. The standard InChI is InChI=1S/C10H13N5O5S2.Na/c11-9-13-5(4-21-9)3-12-10(17)14-2-1-6-7(14)8(16)15(6)22(18,19)20;/h4,6-7H,1-3H2,(H2,11,13)(H,12,17)(H,18,19,20);/q;+1/p-1/t6-,7+;/m1./s1.